The van der Waals surface area contributed by atoms with Crippen molar-refractivity contribution in [3.63, 3.8) is 0 Å². The highest BCUT2D eigenvalue weighted by molar-refractivity contribution is 5.75. The van der Waals surface area contributed by atoms with Gasteiger partial charge in [-0.2, -0.15) is 0 Å². The highest BCUT2D eigenvalue weighted by Crippen LogP contribution is 2.17. The predicted molar refractivity (Wildman–Crippen MR) is 60.8 cm³/mol. The number of nitrogens with zero attached hydrogens (tertiary/aromatic N) is 1. The van der Waals surface area contributed by atoms with Gasteiger partial charge in [0.2, 0.25) is 0 Å². The lowest BCUT2D eigenvalue weighted by Gasteiger charge is -2.39. The average molecular weight is 171 g/mol. The normalized spacial score (nSPS) is 22.0. The second-order valence-electron chi connectivity index (χ2n) is 4.70. The van der Waals surface area contributed by atoms with Crippen LogP contribution in [0.1, 0.15) is 33.1 Å². The van der Waals surface area contributed by atoms with Crippen LogP contribution in [-0.4, -0.2) is 39.6 Å². The Morgan fingerprint density at radius 1 is 1.08 bits per heavy atom. The summed E-state index contributed by atoms with van der Waals surface area (Å²) < 4.78 is 1.33. The van der Waals surface area contributed by atoms with E-state index in [1.807, 2.05) is 0 Å². The van der Waals surface area contributed by atoms with Gasteiger partial charge in [-0.15, -0.1) is 0 Å². The molecule has 0 aromatic rings. The van der Waals surface area contributed by atoms with E-state index < -0.39 is 0 Å². The quantitative estimate of drug-likeness (QED) is 0.426. The predicted octanol–water partition coefficient (Wildman–Crippen LogP) is 0.821. The lowest BCUT2D eigenvalue weighted by atomic mass is 10.1. The Kier molecular flexibility index (Phi) is 4.92. The Balaban J connectivity index is 0.00000121. The maximum atomic E-state index is 2.42. The molecule has 0 bridgehead atoms. The van der Waals surface area contributed by atoms with Crippen LogP contribution in [0, 0.1) is 5.92 Å². The Morgan fingerprint density at radius 3 is 2.00 bits per heavy atom. The van der Waals surface area contributed by atoms with E-state index >= 15 is 0 Å². The molecule has 1 saturated heterocycles. The van der Waals surface area contributed by atoms with Gasteiger partial charge in [0.25, 0.3) is 0 Å². The zero-order valence-corrected chi connectivity index (χ0v) is 8.27. The van der Waals surface area contributed by atoms with Crippen LogP contribution in [0.2, 0.25) is 0 Å². The highest BCUT2D eigenvalue weighted by Gasteiger charge is 2.24. The van der Waals surface area contributed by atoms with Gasteiger partial charge in [0.15, 0.2) is 0 Å². The first kappa shape index (κ1) is 12.0. The molecule has 1 fully saturated rings. The van der Waals surface area contributed by atoms with Crippen molar-refractivity contribution in [3.05, 3.63) is 0 Å². The van der Waals surface area contributed by atoms with Crippen molar-refractivity contribution in [1.82, 2.24) is 0 Å². The van der Waals surface area contributed by atoms with Crippen LogP contribution in [0.25, 0.3) is 0 Å². The lowest BCUT2D eigenvalue weighted by Crippen LogP contribution is -2.49. The summed E-state index contributed by atoms with van der Waals surface area (Å²) in [5.41, 5.74) is 0. The van der Waals surface area contributed by atoms with E-state index in [0.717, 1.165) is 5.92 Å². The molecule has 0 aromatic carbocycles. The Hall–Kier alpha value is 0.0249. The minimum absolute atomic E-state index is 0. The summed E-state index contributed by atoms with van der Waals surface area (Å²) in [6, 6.07) is 0. The van der Waals surface area contributed by atoms with Crippen LogP contribution in [0.15, 0.2) is 0 Å². The van der Waals surface area contributed by atoms with Crippen LogP contribution in [-0.2, 0) is 0 Å². The van der Waals surface area contributed by atoms with E-state index in [4.69, 9.17) is 0 Å². The Bertz CT molecular complexity index is 117. The molecule has 0 aromatic heterocycles. The summed E-state index contributed by atoms with van der Waals surface area (Å²) in [6.45, 7) is 8.87. The van der Waals surface area contributed by atoms with Gasteiger partial charge in [-0.3, -0.25) is 0 Å². The van der Waals surface area contributed by atoms with Crippen molar-refractivity contribution in [2.75, 3.05) is 26.7 Å². The van der Waals surface area contributed by atoms with Gasteiger partial charge >= 0.3 is 0 Å². The van der Waals surface area contributed by atoms with Crippen LogP contribution < -0.4 is 0 Å². The molecular formula is C10H26BN. The third-order valence-corrected chi connectivity index (χ3v) is 2.70. The van der Waals surface area contributed by atoms with Crippen molar-refractivity contribution in [2.24, 2.45) is 5.92 Å². The maximum absolute atomic E-state index is 2.42. The molecule has 2 heteroatoms. The molecule has 0 unspecified atom stereocenters. The third kappa shape index (κ3) is 3.62. The average Bonchev–Trinajstić information content (AvgIpc) is 1.85. The highest BCUT2D eigenvalue weighted by atomic mass is 15.3. The molecule has 1 nitrogen and oxygen atoms in total. The van der Waals surface area contributed by atoms with Gasteiger partial charge < -0.3 is 4.48 Å². The summed E-state index contributed by atoms with van der Waals surface area (Å²) >= 11 is 0. The molecule has 74 valence electrons. The first-order valence-electron chi connectivity index (χ1n) is 4.96. The van der Waals surface area contributed by atoms with Crippen molar-refractivity contribution in [1.29, 1.82) is 0 Å². The molecule has 0 spiro atoms. The zero-order valence-electron chi connectivity index (χ0n) is 8.27. The van der Waals surface area contributed by atoms with E-state index in [9.17, 15) is 0 Å². The topological polar surface area (TPSA) is 0 Å². The number of hydrogen-bond donors (Lipinski definition) is 0. The molecule has 1 aliphatic heterocycles. The molecule has 0 amide bonds. The number of quaternary nitrogens is 1. The third-order valence-electron chi connectivity index (χ3n) is 2.70. The van der Waals surface area contributed by atoms with Crippen molar-refractivity contribution >= 4 is 8.41 Å². The standard InChI is InChI=1S/C10H22N.BH4/c1-10(2)9-11(3)7-5-4-6-8-11;/h10H,4-9H2,1-3H3;1H4/q+1;-1. The second-order valence-corrected chi connectivity index (χ2v) is 4.70. The fourth-order valence-corrected chi connectivity index (χ4v) is 2.34. The molecular weight excluding hydrogens is 145 g/mol. The SMILES string of the molecule is CC(C)C[N+]1(C)CCCCC1.[BH4-]. The molecule has 1 rings (SSSR count). The van der Waals surface area contributed by atoms with Crippen LogP contribution in [0.4, 0.5) is 0 Å². The van der Waals surface area contributed by atoms with Crippen molar-refractivity contribution < 1.29 is 4.48 Å². The van der Waals surface area contributed by atoms with Gasteiger partial charge in [-0.1, -0.05) is 22.3 Å². The lowest BCUT2D eigenvalue weighted by molar-refractivity contribution is -0.916. The van der Waals surface area contributed by atoms with Gasteiger partial charge in [0.1, 0.15) is 0 Å². The molecule has 0 atom stereocenters. The molecule has 0 aliphatic carbocycles. The molecule has 12 heavy (non-hydrogen) atoms. The Labute approximate surface area is 79.3 Å². The van der Waals surface area contributed by atoms with E-state index in [-0.39, 0.29) is 8.41 Å². The number of piperidine rings is 1. The van der Waals surface area contributed by atoms with E-state index in [0.29, 0.717) is 0 Å². The van der Waals surface area contributed by atoms with Gasteiger partial charge in [-0.25, -0.2) is 0 Å². The summed E-state index contributed by atoms with van der Waals surface area (Å²) in [5, 5.41) is 0. The molecule has 0 radical (unpaired) electrons. The zero-order chi connectivity index (χ0) is 8.32. The number of rotatable bonds is 2. The monoisotopic (exact) mass is 171 g/mol. The number of hydrogen-bond acceptors (Lipinski definition) is 0. The van der Waals surface area contributed by atoms with Crippen molar-refractivity contribution in [3.8, 4) is 0 Å². The minimum atomic E-state index is 0. The first-order chi connectivity index (χ1) is 5.12. The summed E-state index contributed by atoms with van der Waals surface area (Å²) in [4.78, 5) is 0. The van der Waals surface area contributed by atoms with Crippen LogP contribution in [0.5, 0.6) is 0 Å². The molecule has 0 N–H and O–H groups in total. The Morgan fingerprint density at radius 2 is 1.58 bits per heavy atom. The molecule has 0 saturated carbocycles. The van der Waals surface area contributed by atoms with E-state index in [2.05, 4.69) is 20.9 Å². The summed E-state index contributed by atoms with van der Waals surface area (Å²) in [7, 11) is 2.42. The van der Waals surface area contributed by atoms with Crippen LogP contribution in [0.3, 0.4) is 0 Å². The van der Waals surface area contributed by atoms with Crippen LogP contribution >= 0.6 is 0 Å². The fourth-order valence-electron chi connectivity index (χ4n) is 2.34. The summed E-state index contributed by atoms with van der Waals surface area (Å²) in [5.74, 6) is 0.859. The fraction of sp³-hybridized carbons (Fsp3) is 1.00. The smallest absolute Gasteiger partial charge is 0.0807 e. The minimum Gasteiger partial charge on any atom is -0.326 e. The van der Waals surface area contributed by atoms with Gasteiger partial charge in [0, 0.05) is 5.92 Å². The largest absolute Gasteiger partial charge is 0.326 e. The van der Waals surface area contributed by atoms with Gasteiger partial charge in [-0.05, 0) is 19.3 Å². The van der Waals surface area contributed by atoms with E-state index in [1.165, 1.54) is 43.4 Å². The van der Waals surface area contributed by atoms with E-state index in [1.54, 1.807) is 0 Å². The molecule has 1 aliphatic rings. The van der Waals surface area contributed by atoms with Gasteiger partial charge in [0.05, 0.1) is 26.7 Å². The summed E-state index contributed by atoms with van der Waals surface area (Å²) in [6.07, 6.45) is 4.36. The second kappa shape index (κ2) is 4.91. The van der Waals surface area contributed by atoms with Crippen molar-refractivity contribution in [2.45, 2.75) is 33.1 Å². The maximum Gasteiger partial charge on any atom is 0.0807 e. The molecule has 1 heterocycles. The number of likely N-dealkylation sites (tertiary alicyclic amines) is 1. The first-order valence-corrected chi connectivity index (χ1v) is 4.96.